The third-order valence-electron chi connectivity index (χ3n) is 5.10. The highest BCUT2D eigenvalue weighted by Crippen LogP contribution is 2.34. The van der Waals surface area contributed by atoms with Crippen LogP contribution in [0.5, 0.6) is 0 Å². The van der Waals surface area contributed by atoms with Gasteiger partial charge in [-0.05, 0) is 66.7 Å². The van der Waals surface area contributed by atoms with Gasteiger partial charge in [-0.15, -0.1) is 0 Å². The van der Waals surface area contributed by atoms with E-state index in [4.69, 9.17) is 4.98 Å². The Kier molecular flexibility index (Phi) is 4.66. The van der Waals surface area contributed by atoms with Crippen LogP contribution < -0.4 is 0 Å². The first-order chi connectivity index (χ1) is 11.1. The van der Waals surface area contributed by atoms with E-state index < -0.39 is 0 Å². The topological polar surface area (TPSA) is 12.9 Å². The fourth-order valence-electron chi connectivity index (χ4n) is 3.72. The molecule has 0 N–H and O–H groups in total. The third kappa shape index (κ3) is 3.39. The van der Waals surface area contributed by atoms with Crippen molar-refractivity contribution in [2.24, 2.45) is 5.92 Å². The summed E-state index contributed by atoms with van der Waals surface area (Å²) in [5.41, 5.74) is 8.44. The number of aryl methyl sites for hydroxylation is 1. The summed E-state index contributed by atoms with van der Waals surface area (Å²) in [7, 11) is 0. The normalized spacial score (nSPS) is 17.1. The van der Waals surface area contributed by atoms with Crippen LogP contribution in [0.25, 0.3) is 0 Å². The summed E-state index contributed by atoms with van der Waals surface area (Å²) in [4.78, 5) is 4.84. The second kappa shape index (κ2) is 6.70. The Morgan fingerprint density at radius 2 is 2.00 bits per heavy atom. The van der Waals surface area contributed by atoms with Gasteiger partial charge in [0.2, 0.25) is 0 Å². The minimum atomic E-state index is 0.462. The van der Waals surface area contributed by atoms with Crippen molar-refractivity contribution in [3.8, 4) is 0 Å². The van der Waals surface area contributed by atoms with Crippen LogP contribution in [-0.4, -0.2) is 4.98 Å². The highest BCUT2D eigenvalue weighted by Gasteiger charge is 2.24. The quantitative estimate of drug-likeness (QED) is 0.682. The number of rotatable bonds is 4. The Morgan fingerprint density at radius 3 is 2.65 bits per heavy atom. The molecule has 2 aromatic rings. The number of nitrogens with zero attached hydrogens (tertiary/aromatic N) is 1. The molecule has 0 spiro atoms. The monoisotopic (exact) mass is 305 g/mol. The maximum Gasteiger partial charge on any atom is 0.0467 e. The molecule has 3 rings (SSSR count). The van der Waals surface area contributed by atoms with Crippen molar-refractivity contribution >= 4 is 0 Å². The third-order valence-corrected chi connectivity index (χ3v) is 5.10. The van der Waals surface area contributed by atoms with E-state index in [-0.39, 0.29) is 0 Å². The van der Waals surface area contributed by atoms with Crippen molar-refractivity contribution < 1.29 is 0 Å². The van der Waals surface area contributed by atoms with E-state index in [1.54, 1.807) is 5.56 Å². The van der Waals surface area contributed by atoms with Crippen molar-refractivity contribution in [1.29, 1.82) is 0 Å². The molecule has 1 atom stereocenters. The fraction of sp³-hybridized carbons (Fsp3) is 0.409. The number of aromatic nitrogens is 1. The van der Waals surface area contributed by atoms with Crippen LogP contribution in [0, 0.1) is 5.92 Å². The van der Waals surface area contributed by atoms with E-state index >= 15 is 0 Å². The molecule has 1 aliphatic rings. The SMILES string of the molecule is C=C(C)[C@H]1CCc2cnc(C(C)C)c(Cc3ccccc3)c2C1. The highest BCUT2D eigenvalue weighted by atomic mass is 14.7. The summed E-state index contributed by atoms with van der Waals surface area (Å²) in [5, 5.41) is 0. The molecule has 0 saturated carbocycles. The molecule has 120 valence electrons. The van der Waals surface area contributed by atoms with Crippen LogP contribution in [-0.2, 0) is 19.3 Å². The van der Waals surface area contributed by atoms with Gasteiger partial charge in [-0.25, -0.2) is 0 Å². The van der Waals surface area contributed by atoms with Gasteiger partial charge in [0.15, 0.2) is 0 Å². The number of fused-ring (bicyclic) bond motifs is 1. The molecule has 0 bridgehead atoms. The van der Waals surface area contributed by atoms with Gasteiger partial charge in [-0.2, -0.15) is 0 Å². The zero-order chi connectivity index (χ0) is 16.4. The number of hydrogen-bond donors (Lipinski definition) is 0. The number of benzene rings is 1. The van der Waals surface area contributed by atoms with E-state index in [0.717, 1.165) is 19.3 Å². The average molecular weight is 305 g/mol. The highest BCUT2D eigenvalue weighted by molar-refractivity contribution is 5.43. The van der Waals surface area contributed by atoms with Gasteiger partial charge < -0.3 is 0 Å². The van der Waals surface area contributed by atoms with Crippen LogP contribution in [0.15, 0.2) is 48.7 Å². The summed E-state index contributed by atoms with van der Waals surface area (Å²) >= 11 is 0. The lowest BCUT2D eigenvalue weighted by molar-refractivity contribution is 0.521. The molecule has 1 aliphatic carbocycles. The summed E-state index contributed by atoms with van der Waals surface area (Å²) in [6.07, 6.45) is 6.62. The Labute approximate surface area is 140 Å². The van der Waals surface area contributed by atoms with Gasteiger partial charge in [-0.1, -0.05) is 56.3 Å². The minimum Gasteiger partial charge on any atom is -0.260 e. The first kappa shape index (κ1) is 16.0. The molecular formula is C22H27N. The van der Waals surface area contributed by atoms with Gasteiger partial charge in [0.05, 0.1) is 0 Å². The van der Waals surface area contributed by atoms with E-state index in [0.29, 0.717) is 11.8 Å². The number of allylic oxidation sites excluding steroid dienone is 1. The first-order valence-corrected chi connectivity index (χ1v) is 8.75. The van der Waals surface area contributed by atoms with Crippen LogP contribution in [0.1, 0.15) is 61.1 Å². The van der Waals surface area contributed by atoms with Crippen LogP contribution in [0.2, 0.25) is 0 Å². The van der Waals surface area contributed by atoms with E-state index in [2.05, 4.69) is 63.9 Å². The molecule has 1 nitrogen and oxygen atoms in total. The van der Waals surface area contributed by atoms with Crippen molar-refractivity contribution in [2.75, 3.05) is 0 Å². The van der Waals surface area contributed by atoms with Crippen molar-refractivity contribution in [2.45, 2.75) is 52.4 Å². The second-order valence-electron chi connectivity index (χ2n) is 7.23. The Balaban J connectivity index is 2.06. The molecule has 0 aliphatic heterocycles. The van der Waals surface area contributed by atoms with Crippen molar-refractivity contribution in [1.82, 2.24) is 4.98 Å². The molecule has 0 amide bonds. The van der Waals surface area contributed by atoms with Crippen LogP contribution in [0.3, 0.4) is 0 Å². The molecule has 1 aromatic carbocycles. The van der Waals surface area contributed by atoms with Gasteiger partial charge in [-0.3, -0.25) is 4.98 Å². The molecule has 0 saturated heterocycles. The molecule has 1 heterocycles. The average Bonchev–Trinajstić information content (AvgIpc) is 2.55. The summed E-state index contributed by atoms with van der Waals surface area (Å²) in [6, 6.07) is 10.8. The summed E-state index contributed by atoms with van der Waals surface area (Å²) < 4.78 is 0. The fourth-order valence-corrected chi connectivity index (χ4v) is 3.72. The molecule has 0 radical (unpaired) electrons. The maximum absolute atomic E-state index is 4.84. The van der Waals surface area contributed by atoms with E-state index in [9.17, 15) is 0 Å². The van der Waals surface area contributed by atoms with Crippen LogP contribution >= 0.6 is 0 Å². The van der Waals surface area contributed by atoms with Gasteiger partial charge in [0.25, 0.3) is 0 Å². The van der Waals surface area contributed by atoms with Gasteiger partial charge in [0.1, 0.15) is 0 Å². The summed E-state index contributed by atoms with van der Waals surface area (Å²) in [5.74, 6) is 1.09. The van der Waals surface area contributed by atoms with Crippen LogP contribution in [0.4, 0.5) is 0 Å². The maximum atomic E-state index is 4.84. The largest absolute Gasteiger partial charge is 0.260 e. The molecule has 1 aromatic heterocycles. The lowest BCUT2D eigenvalue weighted by Gasteiger charge is -2.28. The predicted octanol–water partition coefficient (Wildman–Crippen LogP) is 5.48. The Morgan fingerprint density at radius 1 is 1.26 bits per heavy atom. The number of pyridine rings is 1. The summed E-state index contributed by atoms with van der Waals surface area (Å²) in [6.45, 7) is 10.9. The zero-order valence-electron chi connectivity index (χ0n) is 14.6. The lowest BCUT2D eigenvalue weighted by Crippen LogP contribution is -2.19. The molecule has 1 heteroatoms. The molecule has 0 unspecified atom stereocenters. The van der Waals surface area contributed by atoms with Crippen molar-refractivity contribution in [3.63, 3.8) is 0 Å². The van der Waals surface area contributed by atoms with E-state index in [1.807, 2.05) is 0 Å². The number of hydrogen-bond acceptors (Lipinski definition) is 1. The standard InChI is InChI=1S/C22H27N/c1-15(2)18-10-11-19-14-23-22(16(3)4)21(20(19)13-18)12-17-8-6-5-7-9-17/h5-9,14,16,18H,1,10-13H2,2-4H3/t18-/m0/s1. The molecule has 23 heavy (non-hydrogen) atoms. The Hall–Kier alpha value is -1.89. The van der Waals surface area contributed by atoms with Gasteiger partial charge in [0, 0.05) is 11.9 Å². The Bertz CT molecular complexity index is 697. The predicted molar refractivity (Wildman–Crippen MR) is 97.9 cm³/mol. The minimum absolute atomic E-state index is 0.462. The van der Waals surface area contributed by atoms with E-state index in [1.165, 1.54) is 34.4 Å². The zero-order valence-corrected chi connectivity index (χ0v) is 14.6. The first-order valence-electron chi connectivity index (χ1n) is 8.75. The molecule has 0 fully saturated rings. The van der Waals surface area contributed by atoms with Crippen molar-refractivity contribution in [3.05, 3.63) is 76.6 Å². The second-order valence-corrected chi connectivity index (χ2v) is 7.23. The lowest BCUT2D eigenvalue weighted by atomic mass is 9.77. The van der Waals surface area contributed by atoms with Gasteiger partial charge >= 0.3 is 0 Å². The molecular weight excluding hydrogens is 278 g/mol. The smallest absolute Gasteiger partial charge is 0.0467 e.